The molecule has 0 radical (unpaired) electrons. The van der Waals surface area contributed by atoms with Crippen LogP contribution in [0.1, 0.15) is 71.6 Å². The molecule has 0 aliphatic heterocycles. The smallest absolute Gasteiger partial charge is 0.0132 e. The molecule has 0 unspecified atom stereocenters. The van der Waals surface area contributed by atoms with Gasteiger partial charge in [-0.3, -0.25) is 0 Å². The molecule has 102 valence electrons. The summed E-state index contributed by atoms with van der Waals surface area (Å²) < 4.78 is 0. The van der Waals surface area contributed by atoms with Crippen molar-refractivity contribution >= 4 is 0 Å². The molecule has 0 saturated carbocycles. The maximum absolute atomic E-state index is 2.44. The Bertz CT molecular complexity index is 385. The van der Waals surface area contributed by atoms with Crippen LogP contribution in [0.5, 0.6) is 0 Å². The van der Waals surface area contributed by atoms with Crippen LogP contribution in [0.2, 0.25) is 0 Å². The van der Waals surface area contributed by atoms with Crippen molar-refractivity contribution in [2.45, 2.75) is 73.1 Å². The first-order valence-corrected chi connectivity index (χ1v) is 7.26. The molecule has 0 fully saturated rings. The van der Waals surface area contributed by atoms with Crippen LogP contribution >= 0.6 is 0 Å². The van der Waals surface area contributed by atoms with E-state index >= 15 is 0 Å². The molecule has 1 aromatic carbocycles. The minimum Gasteiger partial charge on any atom is -0.0651 e. The number of aryl methyl sites for hydroxylation is 1. The Kier molecular flexibility index (Phi) is 4.64. The van der Waals surface area contributed by atoms with Gasteiger partial charge in [0.15, 0.2) is 0 Å². The third-order valence-electron chi connectivity index (χ3n) is 3.31. The van der Waals surface area contributed by atoms with Crippen LogP contribution in [0.4, 0.5) is 0 Å². The largest absolute Gasteiger partial charge is 0.0651 e. The Balaban J connectivity index is 3.12. The van der Waals surface area contributed by atoms with Crippen LogP contribution in [-0.4, -0.2) is 0 Å². The molecule has 18 heavy (non-hydrogen) atoms. The van der Waals surface area contributed by atoms with Crippen molar-refractivity contribution < 1.29 is 0 Å². The summed E-state index contributed by atoms with van der Waals surface area (Å²) in [7, 11) is 0. The molecule has 0 atom stereocenters. The van der Waals surface area contributed by atoms with Gasteiger partial charge in [0, 0.05) is 0 Å². The second kappa shape index (κ2) is 5.47. The Labute approximate surface area is 114 Å². The second-order valence-corrected chi connectivity index (χ2v) is 7.72. The molecule has 0 N–H and O–H groups in total. The van der Waals surface area contributed by atoms with Crippen molar-refractivity contribution in [2.24, 2.45) is 5.41 Å². The number of hydrogen-bond acceptors (Lipinski definition) is 0. The van der Waals surface area contributed by atoms with Crippen LogP contribution < -0.4 is 0 Å². The van der Waals surface area contributed by atoms with E-state index in [9.17, 15) is 0 Å². The van der Waals surface area contributed by atoms with Crippen molar-refractivity contribution in [3.63, 3.8) is 0 Å². The van der Waals surface area contributed by atoms with Crippen molar-refractivity contribution in [1.82, 2.24) is 0 Å². The van der Waals surface area contributed by atoms with E-state index in [1.807, 2.05) is 0 Å². The average molecular weight is 246 g/mol. The zero-order valence-corrected chi connectivity index (χ0v) is 13.4. The summed E-state index contributed by atoms with van der Waals surface area (Å²) in [5.41, 5.74) is 5.18. The normalized spacial score (nSPS) is 12.8. The predicted octanol–water partition coefficient (Wildman–Crippen LogP) is 5.53. The fourth-order valence-corrected chi connectivity index (χ4v) is 2.34. The maximum Gasteiger partial charge on any atom is -0.0132 e. The van der Waals surface area contributed by atoms with E-state index < -0.39 is 0 Å². The quantitative estimate of drug-likeness (QED) is 0.658. The third-order valence-corrected chi connectivity index (χ3v) is 3.31. The van der Waals surface area contributed by atoms with Gasteiger partial charge in [0.1, 0.15) is 0 Å². The summed E-state index contributed by atoms with van der Waals surface area (Å²) in [5.74, 6) is 0. The molecule has 0 amide bonds. The van der Waals surface area contributed by atoms with Crippen LogP contribution in [0.3, 0.4) is 0 Å². The summed E-state index contributed by atoms with van der Waals surface area (Å²) in [6.07, 6.45) is 3.60. The molecule has 0 aliphatic carbocycles. The molecule has 0 heteroatoms. The van der Waals surface area contributed by atoms with Gasteiger partial charge >= 0.3 is 0 Å². The van der Waals surface area contributed by atoms with Crippen LogP contribution in [0.15, 0.2) is 18.2 Å². The van der Waals surface area contributed by atoms with Gasteiger partial charge in [-0.15, -0.1) is 0 Å². The van der Waals surface area contributed by atoms with Crippen molar-refractivity contribution in [1.29, 1.82) is 0 Å². The minimum atomic E-state index is 0.253. The molecule has 0 aromatic heterocycles. The molecular weight excluding hydrogens is 216 g/mol. The number of rotatable bonds is 3. The summed E-state index contributed by atoms with van der Waals surface area (Å²) in [6, 6.07) is 7.11. The highest BCUT2D eigenvalue weighted by atomic mass is 14.2. The molecule has 0 saturated heterocycles. The lowest BCUT2D eigenvalue weighted by Crippen LogP contribution is -2.14. The van der Waals surface area contributed by atoms with Gasteiger partial charge in [-0.05, 0) is 40.4 Å². The van der Waals surface area contributed by atoms with Crippen LogP contribution in [0, 0.1) is 5.41 Å². The average Bonchev–Trinajstić information content (AvgIpc) is 2.17. The lowest BCUT2D eigenvalue weighted by atomic mass is 9.81. The number of benzene rings is 1. The summed E-state index contributed by atoms with van der Waals surface area (Å²) in [5, 5.41) is 0. The summed E-state index contributed by atoms with van der Waals surface area (Å²) in [4.78, 5) is 0. The van der Waals surface area contributed by atoms with E-state index in [1.165, 1.54) is 30.4 Å². The van der Waals surface area contributed by atoms with Gasteiger partial charge in [-0.1, -0.05) is 73.1 Å². The molecule has 1 aromatic rings. The van der Waals surface area contributed by atoms with E-state index in [4.69, 9.17) is 0 Å². The molecule has 0 bridgehead atoms. The lowest BCUT2D eigenvalue weighted by molar-refractivity contribution is 0.409. The first-order chi connectivity index (χ1) is 8.13. The van der Waals surface area contributed by atoms with Crippen molar-refractivity contribution in [3.8, 4) is 0 Å². The zero-order valence-electron chi connectivity index (χ0n) is 13.4. The molecule has 0 spiro atoms. The van der Waals surface area contributed by atoms with Gasteiger partial charge < -0.3 is 0 Å². The van der Waals surface area contributed by atoms with E-state index in [-0.39, 0.29) is 5.41 Å². The molecule has 1 rings (SSSR count). The Morgan fingerprint density at radius 2 is 1.50 bits per heavy atom. The van der Waals surface area contributed by atoms with E-state index in [0.717, 1.165) is 0 Å². The standard InChI is InChI=1S/C18H30/c1-8-9-14-12-16(18(5,6)7)11-10-15(14)13-17(2,3)4/h10-12H,8-9,13H2,1-7H3. The van der Waals surface area contributed by atoms with Crippen LogP contribution in [0.25, 0.3) is 0 Å². The van der Waals surface area contributed by atoms with Crippen molar-refractivity contribution in [3.05, 3.63) is 34.9 Å². The first kappa shape index (κ1) is 15.3. The highest BCUT2D eigenvalue weighted by Crippen LogP contribution is 2.29. The zero-order chi connectivity index (χ0) is 14.0. The fourth-order valence-electron chi connectivity index (χ4n) is 2.34. The van der Waals surface area contributed by atoms with Crippen LogP contribution in [-0.2, 0) is 18.3 Å². The Hall–Kier alpha value is -0.780. The number of hydrogen-bond donors (Lipinski definition) is 0. The molecular formula is C18H30. The highest BCUT2D eigenvalue weighted by Gasteiger charge is 2.18. The van der Waals surface area contributed by atoms with Gasteiger partial charge in [0.05, 0.1) is 0 Å². The molecule has 0 nitrogen and oxygen atoms in total. The molecule has 0 aliphatic rings. The Morgan fingerprint density at radius 3 is 1.94 bits per heavy atom. The van der Waals surface area contributed by atoms with Gasteiger partial charge in [0.2, 0.25) is 0 Å². The monoisotopic (exact) mass is 246 g/mol. The SMILES string of the molecule is CCCc1cc(C(C)(C)C)ccc1CC(C)(C)C. The second-order valence-electron chi connectivity index (χ2n) is 7.72. The summed E-state index contributed by atoms with van der Waals surface area (Å²) in [6.45, 7) is 16.1. The minimum absolute atomic E-state index is 0.253. The Morgan fingerprint density at radius 1 is 0.889 bits per heavy atom. The lowest BCUT2D eigenvalue weighted by Gasteiger charge is -2.24. The van der Waals surface area contributed by atoms with Gasteiger partial charge in [-0.25, -0.2) is 0 Å². The predicted molar refractivity (Wildman–Crippen MR) is 82.3 cm³/mol. The molecule has 0 heterocycles. The van der Waals surface area contributed by atoms with Gasteiger partial charge in [0.25, 0.3) is 0 Å². The van der Waals surface area contributed by atoms with Gasteiger partial charge in [-0.2, -0.15) is 0 Å². The van der Waals surface area contributed by atoms with Crippen molar-refractivity contribution in [2.75, 3.05) is 0 Å². The maximum atomic E-state index is 2.44. The van der Waals surface area contributed by atoms with E-state index in [0.29, 0.717) is 5.41 Å². The first-order valence-electron chi connectivity index (χ1n) is 7.26. The highest BCUT2D eigenvalue weighted by molar-refractivity contribution is 5.36. The third kappa shape index (κ3) is 4.48. The summed E-state index contributed by atoms with van der Waals surface area (Å²) >= 11 is 0. The van der Waals surface area contributed by atoms with E-state index in [2.05, 4.69) is 66.7 Å². The topological polar surface area (TPSA) is 0 Å². The van der Waals surface area contributed by atoms with E-state index in [1.54, 1.807) is 5.56 Å². The fraction of sp³-hybridized carbons (Fsp3) is 0.667.